The highest BCUT2D eigenvalue weighted by Gasteiger charge is 2.32. The SMILES string of the molecule is C=C(NC(C)C)C(C)(C)N1CCC(CCCCC(C)C)CC1. The van der Waals surface area contributed by atoms with Crippen molar-refractivity contribution in [2.24, 2.45) is 11.8 Å². The van der Waals surface area contributed by atoms with E-state index in [2.05, 4.69) is 58.3 Å². The molecule has 0 aromatic heterocycles. The molecule has 1 N–H and O–H groups in total. The van der Waals surface area contributed by atoms with E-state index in [1.54, 1.807) is 0 Å². The number of unbranched alkanes of at least 4 members (excludes halogenated alkanes) is 1. The third-order valence-corrected chi connectivity index (χ3v) is 5.25. The molecule has 0 bridgehead atoms. The molecule has 0 atom stereocenters. The standard InChI is InChI=1S/C20H40N2/c1-16(2)10-8-9-11-19-12-14-22(15-13-19)20(6,7)18(5)21-17(3)4/h16-17,19,21H,5,8-15H2,1-4,6-7H3. The average Bonchev–Trinajstić information content (AvgIpc) is 2.43. The van der Waals surface area contributed by atoms with E-state index in [1.807, 2.05) is 0 Å². The van der Waals surface area contributed by atoms with Crippen molar-refractivity contribution < 1.29 is 0 Å². The number of hydrogen-bond donors (Lipinski definition) is 1. The second-order valence-corrected chi connectivity index (χ2v) is 8.45. The summed E-state index contributed by atoms with van der Waals surface area (Å²) in [5, 5.41) is 3.51. The van der Waals surface area contributed by atoms with Gasteiger partial charge in [-0.3, -0.25) is 4.90 Å². The summed E-state index contributed by atoms with van der Waals surface area (Å²) in [6.07, 6.45) is 8.39. The third-order valence-electron chi connectivity index (χ3n) is 5.25. The van der Waals surface area contributed by atoms with Gasteiger partial charge in [-0.25, -0.2) is 0 Å². The molecule has 1 aliphatic rings. The second kappa shape index (κ2) is 8.96. The number of likely N-dealkylation sites (tertiary alicyclic amines) is 1. The smallest absolute Gasteiger partial charge is 0.0544 e. The Morgan fingerprint density at radius 1 is 1.14 bits per heavy atom. The number of piperidine rings is 1. The van der Waals surface area contributed by atoms with E-state index in [0.717, 1.165) is 17.5 Å². The molecule has 2 nitrogen and oxygen atoms in total. The maximum atomic E-state index is 4.29. The summed E-state index contributed by atoms with van der Waals surface area (Å²) in [7, 11) is 0. The van der Waals surface area contributed by atoms with Gasteiger partial charge in [0.2, 0.25) is 0 Å². The summed E-state index contributed by atoms with van der Waals surface area (Å²) in [6.45, 7) is 20.4. The molecule has 130 valence electrons. The minimum absolute atomic E-state index is 0.0624. The van der Waals surface area contributed by atoms with Gasteiger partial charge in [-0.2, -0.15) is 0 Å². The van der Waals surface area contributed by atoms with E-state index in [1.165, 1.54) is 51.6 Å². The van der Waals surface area contributed by atoms with Crippen LogP contribution in [0, 0.1) is 11.8 Å². The van der Waals surface area contributed by atoms with Crippen LogP contribution in [-0.4, -0.2) is 29.6 Å². The van der Waals surface area contributed by atoms with Crippen LogP contribution in [0.5, 0.6) is 0 Å². The molecule has 0 aromatic rings. The summed E-state index contributed by atoms with van der Waals surface area (Å²) in [4.78, 5) is 2.62. The maximum Gasteiger partial charge on any atom is 0.0544 e. The lowest BCUT2D eigenvalue weighted by Crippen LogP contribution is -2.52. The van der Waals surface area contributed by atoms with Crippen LogP contribution < -0.4 is 5.32 Å². The van der Waals surface area contributed by atoms with Crippen molar-refractivity contribution in [2.45, 2.75) is 91.6 Å². The molecule has 0 radical (unpaired) electrons. The van der Waals surface area contributed by atoms with Gasteiger partial charge in [-0.05, 0) is 65.5 Å². The summed E-state index contributed by atoms with van der Waals surface area (Å²) in [5.41, 5.74) is 1.23. The van der Waals surface area contributed by atoms with Gasteiger partial charge in [0.25, 0.3) is 0 Å². The van der Waals surface area contributed by atoms with Gasteiger partial charge in [0.15, 0.2) is 0 Å². The van der Waals surface area contributed by atoms with Crippen molar-refractivity contribution >= 4 is 0 Å². The number of nitrogens with zero attached hydrogens (tertiary/aromatic N) is 1. The number of rotatable bonds is 9. The van der Waals surface area contributed by atoms with Crippen molar-refractivity contribution in [2.75, 3.05) is 13.1 Å². The summed E-state index contributed by atoms with van der Waals surface area (Å²) in [5.74, 6) is 1.81. The summed E-state index contributed by atoms with van der Waals surface area (Å²) >= 11 is 0. The van der Waals surface area contributed by atoms with Crippen molar-refractivity contribution in [3.05, 3.63) is 12.3 Å². The van der Waals surface area contributed by atoms with Crippen LogP contribution in [0.4, 0.5) is 0 Å². The molecule has 1 saturated heterocycles. The quantitative estimate of drug-likeness (QED) is 0.589. The third kappa shape index (κ3) is 6.32. The van der Waals surface area contributed by atoms with E-state index in [9.17, 15) is 0 Å². The van der Waals surface area contributed by atoms with Gasteiger partial charge in [0.1, 0.15) is 0 Å². The molecule has 0 saturated carbocycles. The zero-order valence-corrected chi connectivity index (χ0v) is 16.0. The van der Waals surface area contributed by atoms with Gasteiger partial charge in [-0.15, -0.1) is 0 Å². The lowest BCUT2D eigenvalue weighted by Gasteiger charge is -2.44. The Morgan fingerprint density at radius 2 is 1.73 bits per heavy atom. The van der Waals surface area contributed by atoms with Crippen LogP contribution in [0.3, 0.4) is 0 Å². The highest BCUT2D eigenvalue weighted by molar-refractivity contribution is 5.12. The number of nitrogens with one attached hydrogen (secondary N) is 1. The first-order valence-electron chi connectivity index (χ1n) is 9.44. The second-order valence-electron chi connectivity index (χ2n) is 8.45. The zero-order valence-electron chi connectivity index (χ0n) is 16.0. The van der Waals surface area contributed by atoms with Crippen LogP contribution in [-0.2, 0) is 0 Å². The molecule has 0 spiro atoms. The topological polar surface area (TPSA) is 15.3 Å². The van der Waals surface area contributed by atoms with Crippen molar-refractivity contribution in [3.63, 3.8) is 0 Å². The lowest BCUT2D eigenvalue weighted by atomic mass is 9.87. The van der Waals surface area contributed by atoms with Gasteiger partial charge < -0.3 is 5.32 Å². The molecule has 2 heteroatoms. The van der Waals surface area contributed by atoms with E-state index >= 15 is 0 Å². The molecule has 0 aliphatic carbocycles. The largest absolute Gasteiger partial charge is 0.385 e. The Hall–Kier alpha value is -0.500. The average molecular weight is 309 g/mol. The lowest BCUT2D eigenvalue weighted by molar-refractivity contribution is 0.0903. The number of hydrogen-bond acceptors (Lipinski definition) is 2. The van der Waals surface area contributed by atoms with E-state index in [-0.39, 0.29) is 5.54 Å². The fraction of sp³-hybridized carbons (Fsp3) is 0.900. The molecule has 22 heavy (non-hydrogen) atoms. The first kappa shape index (κ1) is 19.5. The normalized spacial score (nSPS) is 18.2. The van der Waals surface area contributed by atoms with Crippen molar-refractivity contribution in [1.82, 2.24) is 10.2 Å². The highest BCUT2D eigenvalue weighted by Crippen LogP contribution is 2.30. The Bertz CT molecular complexity index is 323. The summed E-state index contributed by atoms with van der Waals surface area (Å²) in [6, 6.07) is 0.463. The van der Waals surface area contributed by atoms with Gasteiger partial charge in [0.05, 0.1) is 5.54 Å². The molecule has 0 unspecified atom stereocenters. The first-order valence-corrected chi connectivity index (χ1v) is 9.44. The molecule has 1 rings (SSSR count). The monoisotopic (exact) mass is 308 g/mol. The van der Waals surface area contributed by atoms with E-state index in [0.29, 0.717) is 6.04 Å². The summed E-state index contributed by atoms with van der Waals surface area (Å²) < 4.78 is 0. The molecular formula is C20H40N2. The minimum atomic E-state index is 0.0624. The van der Waals surface area contributed by atoms with Crippen molar-refractivity contribution in [3.8, 4) is 0 Å². The zero-order chi connectivity index (χ0) is 16.8. The minimum Gasteiger partial charge on any atom is -0.385 e. The Kier molecular flexibility index (Phi) is 7.96. The fourth-order valence-electron chi connectivity index (χ4n) is 3.48. The van der Waals surface area contributed by atoms with Crippen LogP contribution in [0.1, 0.15) is 80.1 Å². The molecular weight excluding hydrogens is 268 g/mol. The van der Waals surface area contributed by atoms with E-state index < -0.39 is 0 Å². The van der Waals surface area contributed by atoms with Crippen molar-refractivity contribution in [1.29, 1.82) is 0 Å². The predicted octanol–water partition coefficient (Wildman–Crippen LogP) is 5.21. The molecule has 0 amide bonds. The van der Waals surface area contributed by atoms with Crippen LogP contribution in [0.25, 0.3) is 0 Å². The van der Waals surface area contributed by atoms with Crippen LogP contribution >= 0.6 is 0 Å². The first-order chi connectivity index (χ1) is 10.2. The molecule has 0 aromatic carbocycles. The van der Waals surface area contributed by atoms with E-state index in [4.69, 9.17) is 0 Å². The maximum absolute atomic E-state index is 4.29. The molecule has 1 aliphatic heterocycles. The molecule has 1 heterocycles. The fourth-order valence-corrected chi connectivity index (χ4v) is 3.48. The molecule has 1 fully saturated rings. The Balaban J connectivity index is 2.33. The van der Waals surface area contributed by atoms with Crippen LogP contribution in [0.15, 0.2) is 12.3 Å². The predicted molar refractivity (Wildman–Crippen MR) is 99.1 cm³/mol. The van der Waals surface area contributed by atoms with Crippen LogP contribution in [0.2, 0.25) is 0 Å². The Labute approximate surface area is 139 Å². The van der Waals surface area contributed by atoms with Gasteiger partial charge >= 0.3 is 0 Å². The van der Waals surface area contributed by atoms with Gasteiger partial charge in [-0.1, -0.05) is 46.1 Å². The Morgan fingerprint density at radius 3 is 2.23 bits per heavy atom. The highest BCUT2D eigenvalue weighted by atomic mass is 15.2. The van der Waals surface area contributed by atoms with Gasteiger partial charge in [0, 0.05) is 11.7 Å².